The van der Waals surface area contributed by atoms with Crippen LogP contribution in [-0.2, 0) is 0 Å². The molecule has 4 aromatic rings. The monoisotopic (exact) mass is 359 g/mol. The summed E-state index contributed by atoms with van der Waals surface area (Å²) < 4.78 is 1.46. The number of aryl methyl sites for hydroxylation is 1. The minimum Gasteiger partial charge on any atom is -0.477 e. The fourth-order valence-electron chi connectivity index (χ4n) is 2.54. The van der Waals surface area contributed by atoms with E-state index < -0.39 is 5.97 Å². The van der Waals surface area contributed by atoms with Gasteiger partial charge in [-0.25, -0.2) is 14.3 Å². The van der Waals surface area contributed by atoms with Crippen molar-refractivity contribution < 1.29 is 9.90 Å². The van der Waals surface area contributed by atoms with Crippen molar-refractivity contribution in [3.05, 3.63) is 76.4 Å². The highest BCUT2D eigenvalue weighted by Gasteiger charge is 2.14. The lowest BCUT2D eigenvalue weighted by atomic mass is 10.1. The Morgan fingerprint density at radius 3 is 2.81 bits per heavy atom. The highest BCUT2D eigenvalue weighted by atomic mass is 32.1. The van der Waals surface area contributed by atoms with Gasteiger partial charge in [-0.15, -0.1) is 11.3 Å². The number of carboxylic acids is 1. The molecule has 0 fully saturated rings. The molecule has 0 atom stereocenters. The van der Waals surface area contributed by atoms with E-state index in [1.165, 1.54) is 22.0 Å². The van der Waals surface area contributed by atoms with E-state index in [4.69, 9.17) is 0 Å². The van der Waals surface area contributed by atoms with Crippen LogP contribution in [-0.4, -0.2) is 25.7 Å². The molecular formula is C20H13N3O2S. The molecule has 0 radical (unpaired) electrons. The Morgan fingerprint density at radius 1 is 1.15 bits per heavy atom. The number of aromatic nitrogens is 3. The fourth-order valence-corrected chi connectivity index (χ4v) is 3.37. The number of hydrogen-bond donors (Lipinski definition) is 1. The normalized spacial score (nSPS) is 10.5. The zero-order valence-corrected chi connectivity index (χ0v) is 14.6. The average Bonchev–Trinajstić information content (AvgIpc) is 3.27. The number of nitrogens with zero attached hydrogens (tertiary/aromatic N) is 3. The molecule has 1 aromatic carbocycles. The van der Waals surface area contributed by atoms with Crippen LogP contribution in [0, 0.1) is 18.8 Å². The topological polar surface area (TPSA) is 67.5 Å². The Hall–Kier alpha value is -3.43. The summed E-state index contributed by atoms with van der Waals surface area (Å²) in [5.74, 6) is 5.33. The number of rotatable bonds is 2. The van der Waals surface area contributed by atoms with Crippen molar-refractivity contribution in [2.24, 2.45) is 0 Å². The zero-order valence-electron chi connectivity index (χ0n) is 13.8. The van der Waals surface area contributed by atoms with E-state index in [-0.39, 0.29) is 5.56 Å². The van der Waals surface area contributed by atoms with E-state index in [1.54, 1.807) is 6.20 Å². The number of thiophene rings is 1. The molecule has 26 heavy (non-hydrogen) atoms. The summed E-state index contributed by atoms with van der Waals surface area (Å²) >= 11 is 1.52. The Kier molecular flexibility index (Phi) is 3.99. The third-order valence-corrected chi connectivity index (χ3v) is 4.95. The Morgan fingerprint density at radius 2 is 2.00 bits per heavy atom. The van der Waals surface area contributed by atoms with E-state index in [2.05, 4.69) is 21.9 Å². The number of carboxylic acid groups (broad SMARTS) is 1. The van der Waals surface area contributed by atoms with E-state index in [9.17, 15) is 9.90 Å². The summed E-state index contributed by atoms with van der Waals surface area (Å²) in [4.78, 5) is 17.6. The largest absolute Gasteiger partial charge is 0.477 e. The molecule has 0 spiro atoms. The second kappa shape index (κ2) is 6.47. The van der Waals surface area contributed by atoms with Gasteiger partial charge in [-0.05, 0) is 36.8 Å². The quantitative estimate of drug-likeness (QED) is 0.552. The van der Waals surface area contributed by atoms with Gasteiger partial charge in [-0.2, -0.15) is 5.10 Å². The van der Waals surface area contributed by atoms with Gasteiger partial charge in [0.15, 0.2) is 5.65 Å². The lowest BCUT2D eigenvalue weighted by Gasteiger charge is -1.98. The second-order valence-electron chi connectivity index (χ2n) is 5.67. The van der Waals surface area contributed by atoms with Gasteiger partial charge in [0.2, 0.25) is 0 Å². The van der Waals surface area contributed by atoms with Gasteiger partial charge in [0.1, 0.15) is 5.56 Å². The van der Waals surface area contributed by atoms with Crippen molar-refractivity contribution in [3.8, 4) is 22.4 Å². The predicted molar refractivity (Wildman–Crippen MR) is 100 cm³/mol. The van der Waals surface area contributed by atoms with Crippen LogP contribution in [0.3, 0.4) is 0 Å². The Labute approximate surface area is 153 Å². The molecule has 0 aliphatic carbocycles. The van der Waals surface area contributed by atoms with Gasteiger partial charge < -0.3 is 5.11 Å². The summed E-state index contributed by atoms with van der Waals surface area (Å²) in [5, 5.41) is 13.2. The van der Waals surface area contributed by atoms with Crippen molar-refractivity contribution >= 4 is 23.0 Å². The highest BCUT2D eigenvalue weighted by Crippen LogP contribution is 2.27. The molecule has 0 bridgehead atoms. The first kappa shape index (κ1) is 16.1. The van der Waals surface area contributed by atoms with Crippen LogP contribution >= 0.6 is 11.3 Å². The van der Waals surface area contributed by atoms with Gasteiger partial charge >= 0.3 is 5.97 Å². The molecule has 4 rings (SSSR count). The molecule has 0 unspecified atom stereocenters. The number of benzene rings is 1. The third-order valence-electron chi connectivity index (χ3n) is 3.92. The summed E-state index contributed by atoms with van der Waals surface area (Å²) in [6.45, 7) is 2.04. The number of hydrogen-bond acceptors (Lipinski definition) is 4. The van der Waals surface area contributed by atoms with Gasteiger partial charge in [-0.3, -0.25) is 0 Å². The van der Waals surface area contributed by atoms with Crippen LogP contribution in [0.4, 0.5) is 0 Å². The molecule has 0 saturated heterocycles. The lowest BCUT2D eigenvalue weighted by molar-refractivity contribution is 0.0699. The van der Waals surface area contributed by atoms with Crippen LogP contribution in [0.25, 0.3) is 16.2 Å². The highest BCUT2D eigenvalue weighted by molar-refractivity contribution is 7.16. The molecule has 0 amide bonds. The van der Waals surface area contributed by atoms with Crippen LogP contribution < -0.4 is 0 Å². The molecule has 3 aromatic heterocycles. The minimum atomic E-state index is -1.04. The van der Waals surface area contributed by atoms with Crippen LogP contribution in [0.1, 0.15) is 26.4 Å². The lowest BCUT2D eigenvalue weighted by Crippen LogP contribution is -1.98. The minimum absolute atomic E-state index is 0.0861. The third kappa shape index (κ3) is 2.96. The van der Waals surface area contributed by atoms with Gasteiger partial charge in [-0.1, -0.05) is 30.0 Å². The Bertz CT molecular complexity index is 1190. The molecule has 3 heterocycles. The molecule has 0 saturated carbocycles. The van der Waals surface area contributed by atoms with E-state index in [0.717, 1.165) is 20.9 Å². The number of fused-ring (bicyclic) bond motifs is 1. The van der Waals surface area contributed by atoms with E-state index >= 15 is 0 Å². The smallest absolute Gasteiger partial charge is 0.341 e. The molecule has 0 aliphatic heterocycles. The molecule has 1 N–H and O–H groups in total. The summed E-state index contributed by atoms with van der Waals surface area (Å²) in [6.07, 6.45) is 3.02. The number of aromatic carboxylic acids is 1. The summed E-state index contributed by atoms with van der Waals surface area (Å²) in [6, 6.07) is 13.7. The molecule has 0 aliphatic rings. The van der Waals surface area contributed by atoms with Crippen LogP contribution in [0.5, 0.6) is 0 Å². The second-order valence-corrected chi connectivity index (χ2v) is 6.76. The SMILES string of the molecule is Cc1ccccc1C#Cc1ccc(-c2ccn3ncc(C(=O)O)c3n2)s1. The van der Waals surface area contributed by atoms with Gasteiger partial charge in [0.25, 0.3) is 0 Å². The van der Waals surface area contributed by atoms with Gasteiger partial charge in [0.05, 0.1) is 21.6 Å². The van der Waals surface area contributed by atoms with Crippen molar-refractivity contribution in [2.75, 3.05) is 0 Å². The summed E-state index contributed by atoms with van der Waals surface area (Å²) in [7, 11) is 0. The maximum Gasteiger partial charge on any atom is 0.341 e. The first-order valence-electron chi connectivity index (χ1n) is 7.87. The molecule has 126 valence electrons. The van der Waals surface area contributed by atoms with Crippen molar-refractivity contribution in [2.45, 2.75) is 6.92 Å². The fraction of sp³-hybridized carbons (Fsp3) is 0.0500. The molecule has 6 heteroatoms. The first-order chi connectivity index (χ1) is 12.6. The van der Waals surface area contributed by atoms with E-state index in [0.29, 0.717) is 11.3 Å². The van der Waals surface area contributed by atoms with Crippen molar-refractivity contribution in [3.63, 3.8) is 0 Å². The van der Waals surface area contributed by atoms with Crippen LogP contribution in [0.15, 0.2) is 54.9 Å². The average molecular weight is 359 g/mol. The Balaban J connectivity index is 1.68. The van der Waals surface area contributed by atoms with Crippen molar-refractivity contribution in [1.82, 2.24) is 14.6 Å². The van der Waals surface area contributed by atoms with Gasteiger partial charge in [0, 0.05) is 11.8 Å². The maximum atomic E-state index is 11.3. The summed E-state index contributed by atoms with van der Waals surface area (Å²) in [5.41, 5.74) is 3.27. The first-order valence-corrected chi connectivity index (χ1v) is 8.69. The van der Waals surface area contributed by atoms with Crippen LogP contribution in [0.2, 0.25) is 0 Å². The predicted octanol–water partition coefficient (Wildman–Crippen LogP) is 3.86. The maximum absolute atomic E-state index is 11.3. The molecule has 5 nitrogen and oxygen atoms in total. The van der Waals surface area contributed by atoms with Crippen molar-refractivity contribution in [1.29, 1.82) is 0 Å². The standard InChI is InChI=1S/C20H13N3O2S/c1-13-4-2-3-5-14(13)6-7-15-8-9-18(26-15)17-10-11-23-19(22-17)16(12-21-23)20(24)25/h2-5,8-12H,1H3,(H,24,25). The zero-order chi connectivity index (χ0) is 18.1. The van der Waals surface area contributed by atoms with E-state index in [1.807, 2.05) is 49.4 Å². The molecular weight excluding hydrogens is 346 g/mol. The number of carbonyl (C=O) groups is 1.